The molecule has 0 bridgehead atoms. The lowest BCUT2D eigenvalue weighted by Gasteiger charge is -2.15. The van der Waals surface area contributed by atoms with Crippen LogP contribution in [0.15, 0.2) is 48.6 Å². The Balaban J connectivity index is 3.53. The van der Waals surface area contributed by atoms with Crippen molar-refractivity contribution in [1.82, 2.24) is 0 Å². The molecule has 0 radical (unpaired) electrons. The van der Waals surface area contributed by atoms with Crippen molar-refractivity contribution in [3.8, 4) is 0 Å². The predicted molar refractivity (Wildman–Crippen MR) is 163 cm³/mol. The van der Waals surface area contributed by atoms with Crippen molar-refractivity contribution in [1.29, 1.82) is 0 Å². The van der Waals surface area contributed by atoms with Crippen molar-refractivity contribution < 1.29 is 19.4 Å². The zero-order valence-electron chi connectivity index (χ0n) is 24.9. The molecule has 4 heteroatoms. The highest BCUT2D eigenvalue weighted by Crippen LogP contribution is 2.10. The Kier molecular flexibility index (Phi) is 30.2. The fourth-order valence-corrected chi connectivity index (χ4v) is 4.05. The van der Waals surface area contributed by atoms with Crippen LogP contribution in [-0.4, -0.2) is 37.0 Å². The molecule has 0 aliphatic rings. The first-order chi connectivity index (χ1) is 18.7. The summed E-state index contributed by atoms with van der Waals surface area (Å²) in [5, 5.41) is 9.50. The van der Waals surface area contributed by atoms with Gasteiger partial charge in [-0.05, 0) is 64.2 Å². The van der Waals surface area contributed by atoms with Gasteiger partial charge in [-0.2, -0.15) is 0 Å². The monoisotopic (exact) mass is 532 g/mol. The Hall–Kier alpha value is -1.65. The van der Waals surface area contributed by atoms with Gasteiger partial charge in [-0.3, -0.25) is 4.79 Å². The number of hydrogen-bond donors (Lipinski definition) is 1. The Morgan fingerprint density at radius 3 is 1.82 bits per heavy atom. The van der Waals surface area contributed by atoms with Crippen molar-refractivity contribution in [2.75, 3.05) is 19.8 Å². The highest BCUT2D eigenvalue weighted by molar-refractivity contribution is 5.69. The first-order valence-corrected chi connectivity index (χ1v) is 15.7. The van der Waals surface area contributed by atoms with Crippen LogP contribution < -0.4 is 0 Å². The van der Waals surface area contributed by atoms with E-state index in [1.165, 1.54) is 64.2 Å². The average molecular weight is 533 g/mol. The van der Waals surface area contributed by atoms with Gasteiger partial charge in [0.15, 0.2) is 0 Å². The molecule has 1 unspecified atom stereocenters. The molecule has 0 aromatic carbocycles. The summed E-state index contributed by atoms with van der Waals surface area (Å²) in [5.74, 6) is -0.224. The first-order valence-electron chi connectivity index (χ1n) is 15.7. The predicted octanol–water partition coefficient (Wildman–Crippen LogP) is 9.58. The number of rotatable bonds is 28. The van der Waals surface area contributed by atoms with E-state index in [-0.39, 0.29) is 19.2 Å². The van der Waals surface area contributed by atoms with Crippen molar-refractivity contribution in [2.24, 2.45) is 0 Å². The lowest BCUT2D eigenvalue weighted by Crippen LogP contribution is -2.27. The van der Waals surface area contributed by atoms with Crippen LogP contribution >= 0.6 is 0 Å². The van der Waals surface area contributed by atoms with Crippen LogP contribution in [0.2, 0.25) is 0 Å². The van der Waals surface area contributed by atoms with Gasteiger partial charge in [0.25, 0.3) is 0 Å². The molecule has 4 nitrogen and oxygen atoms in total. The number of unbranched alkanes of at least 4 members (excludes halogenated alkanes) is 12. The third kappa shape index (κ3) is 28.9. The molecular formula is C34H60O4. The molecule has 0 amide bonds. The van der Waals surface area contributed by atoms with Crippen LogP contribution in [0.3, 0.4) is 0 Å². The molecule has 0 saturated heterocycles. The number of esters is 1. The van der Waals surface area contributed by atoms with Gasteiger partial charge in [0.05, 0.1) is 13.2 Å². The van der Waals surface area contributed by atoms with Crippen LogP contribution in [0.4, 0.5) is 0 Å². The molecule has 1 N–H and O–H groups in total. The topological polar surface area (TPSA) is 55.8 Å². The van der Waals surface area contributed by atoms with Gasteiger partial charge in [-0.15, -0.1) is 0 Å². The van der Waals surface area contributed by atoms with E-state index < -0.39 is 6.10 Å². The fourth-order valence-electron chi connectivity index (χ4n) is 4.05. The van der Waals surface area contributed by atoms with Crippen molar-refractivity contribution in [3.05, 3.63) is 48.6 Å². The molecule has 0 rings (SSSR count). The molecule has 0 aromatic rings. The molecule has 0 aromatic heterocycles. The highest BCUT2D eigenvalue weighted by atomic mass is 16.6. The van der Waals surface area contributed by atoms with Gasteiger partial charge in [-0.25, -0.2) is 0 Å². The summed E-state index contributed by atoms with van der Waals surface area (Å²) in [6.07, 6.45) is 38.5. The summed E-state index contributed by atoms with van der Waals surface area (Å²) in [4.78, 5) is 12.1. The number of aliphatic hydroxyl groups excluding tert-OH is 1. The molecule has 0 saturated carbocycles. The van der Waals surface area contributed by atoms with Crippen LogP contribution in [0.25, 0.3) is 0 Å². The zero-order valence-corrected chi connectivity index (χ0v) is 24.9. The number of hydrogen-bond acceptors (Lipinski definition) is 4. The third-order valence-electron chi connectivity index (χ3n) is 6.37. The molecule has 220 valence electrons. The van der Waals surface area contributed by atoms with Gasteiger partial charge in [0.2, 0.25) is 0 Å². The van der Waals surface area contributed by atoms with Gasteiger partial charge in [-0.1, -0.05) is 114 Å². The third-order valence-corrected chi connectivity index (χ3v) is 6.37. The summed E-state index contributed by atoms with van der Waals surface area (Å²) in [7, 11) is 0. The quantitative estimate of drug-likeness (QED) is 0.0619. The van der Waals surface area contributed by atoms with Gasteiger partial charge >= 0.3 is 5.97 Å². The van der Waals surface area contributed by atoms with Crippen molar-refractivity contribution in [2.45, 2.75) is 142 Å². The minimum atomic E-state index is -0.544. The summed E-state index contributed by atoms with van der Waals surface area (Å²) in [6, 6.07) is 0. The maximum atomic E-state index is 12.1. The standard InChI is InChI=1S/C34H60O4/c1-3-5-7-9-11-13-15-16-17-18-19-21-23-25-27-29-34(36)38-33(31-35)32-37-30-28-26-24-22-20-14-12-10-8-6-4-2/h5,7-8,10-11,13,16-17,33,35H,3-4,6,9,12,14-15,18-32H2,1-2H3/b7-5-,10-8-,13-11-,17-16-. The average Bonchev–Trinajstić information content (AvgIpc) is 2.92. The van der Waals surface area contributed by atoms with E-state index >= 15 is 0 Å². The summed E-state index contributed by atoms with van der Waals surface area (Å²) >= 11 is 0. The molecular weight excluding hydrogens is 472 g/mol. The second kappa shape index (κ2) is 31.6. The Labute approximate surface area is 235 Å². The minimum Gasteiger partial charge on any atom is -0.457 e. The minimum absolute atomic E-state index is 0.183. The molecule has 0 aliphatic carbocycles. The number of ether oxygens (including phenoxy) is 2. The van der Waals surface area contributed by atoms with Crippen LogP contribution in [-0.2, 0) is 14.3 Å². The fraction of sp³-hybridized carbons (Fsp3) is 0.735. The van der Waals surface area contributed by atoms with E-state index in [0.717, 1.165) is 51.4 Å². The van der Waals surface area contributed by atoms with Crippen LogP contribution in [0.5, 0.6) is 0 Å². The van der Waals surface area contributed by atoms with Crippen molar-refractivity contribution in [3.63, 3.8) is 0 Å². The zero-order chi connectivity index (χ0) is 27.8. The normalized spacial score (nSPS) is 13.0. The van der Waals surface area contributed by atoms with Gasteiger partial charge < -0.3 is 14.6 Å². The number of allylic oxidation sites excluding steroid dienone is 8. The summed E-state index contributed by atoms with van der Waals surface area (Å²) in [5.41, 5.74) is 0. The lowest BCUT2D eigenvalue weighted by atomic mass is 10.1. The van der Waals surface area contributed by atoms with E-state index in [9.17, 15) is 9.90 Å². The van der Waals surface area contributed by atoms with Crippen molar-refractivity contribution >= 4 is 5.97 Å². The van der Waals surface area contributed by atoms with E-state index in [1.54, 1.807) is 0 Å². The van der Waals surface area contributed by atoms with Gasteiger partial charge in [0.1, 0.15) is 6.10 Å². The Bertz CT molecular complexity index is 606. The van der Waals surface area contributed by atoms with Crippen LogP contribution in [0.1, 0.15) is 136 Å². The smallest absolute Gasteiger partial charge is 0.306 e. The maximum absolute atomic E-state index is 12.1. The molecule has 0 fully saturated rings. The van der Waals surface area contributed by atoms with E-state index in [1.807, 2.05) is 0 Å². The summed E-state index contributed by atoms with van der Waals surface area (Å²) in [6.45, 7) is 5.13. The largest absolute Gasteiger partial charge is 0.457 e. The summed E-state index contributed by atoms with van der Waals surface area (Å²) < 4.78 is 11.0. The molecule has 38 heavy (non-hydrogen) atoms. The number of aliphatic hydroxyl groups is 1. The SMILES string of the molecule is CC/C=C\C/C=C\C/C=C\CCCCCCCC(=O)OC(CO)COCCCCCCCC/C=C\CCC. The number of carbonyl (C=O) groups is 1. The van der Waals surface area contributed by atoms with Crippen LogP contribution in [0, 0.1) is 0 Å². The van der Waals surface area contributed by atoms with E-state index in [4.69, 9.17) is 9.47 Å². The second-order valence-corrected chi connectivity index (χ2v) is 10.1. The van der Waals surface area contributed by atoms with E-state index in [2.05, 4.69) is 62.5 Å². The van der Waals surface area contributed by atoms with E-state index in [0.29, 0.717) is 13.0 Å². The molecule has 0 spiro atoms. The Morgan fingerprint density at radius 2 is 1.18 bits per heavy atom. The molecule has 0 aliphatic heterocycles. The lowest BCUT2D eigenvalue weighted by molar-refractivity contribution is -0.154. The maximum Gasteiger partial charge on any atom is 0.306 e. The Morgan fingerprint density at radius 1 is 0.658 bits per heavy atom. The first kappa shape index (κ1) is 36.4. The molecule has 0 heterocycles. The number of carbonyl (C=O) groups excluding carboxylic acids is 1. The van der Waals surface area contributed by atoms with Gasteiger partial charge in [0, 0.05) is 13.0 Å². The second-order valence-electron chi connectivity index (χ2n) is 10.1. The highest BCUT2D eigenvalue weighted by Gasteiger charge is 2.13. The molecule has 1 atom stereocenters.